The predicted molar refractivity (Wildman–Crippen MR) is 69.1 cm³/mol. The fourth-order valence-corrected chi connectivity index (χ4v) is 1.89. The summed E-state index contributed by atoms with van der Waals surface area (Å²) in [6.07, 6.45) is 0.120. The molecule has 0 fully saturated rings. The molecule has 0 aromatic carbocycles. The maximum atomic E-state index is 12.0. The van der Waals surface area contributed by atoms with Crippen LogP contribution >= 0.6 is 0 Å². The van der Waals surface area contributed by atoms with Crippen molar-refractivity contribution in [2.75, 3.05) is 6.54 Å². The minimum atomic E-state index is -0.911. The van der Waals surface area contributed by atoms with Crippen LogP contribution in [0.2, 0.25) is 0 Å². The fourth-order valence-electron chi connectivity index (χ4n) is 1.89. The van der Waals surface area contributed by atoms with E-state index in [-0.39, 0.29) is 18.9 Å². The van der Waals surface area contributed by atoms with E-state index in [9.17, 15) is 14.7 Å². The first-order valence-electron chi connectivity index (χ1n) is 6.25. The van der Waals surface area contributed by atoms with E-state index in [1.807, 2.05) is 0 Å². The van der Waals surface area contributed by atoms with Gasteiger partial charge in [0.25, 0.3) is 0 Å². The maximum absolute atomic E-state index is 12.0. The molecule has 0 bridgehead atoms. The number of aliphatic hydroxyl groups is 1. The van der Waals surface area contributed by atoms with Crippen LogP contribution in [0.4, 0.5) is 0 Å². The largest absolute Gasteiger partial charge is 0.481 e. The van der Waals surface area contributed by atoms with Crippen molar-refractivity contribution in [1.82, 2.24) is 5.32 Å². The van der Waals surface area contributed by atoms with Crippen molar-refractivity contribution in [1.29, 1.82) is 0 Å². The van der Waals surface area contributed by atoms with Gasteiger partial charge in [-0.2, -0.15) is 0 Å². The maximum Gasteiger partial charge on any atom is 0.309 e. The molecule has 5 nitrogen and oxygen atoms in total. The van der Waals surface area contributed by atoms with Crippen LogP contribution in [-0.4, -0.2) is 34.7 Å². The van der Waals surface area contributed by atoms with Gasteiger partial charge in [0.1, 0.15) is 0 Å². The van der Waals surface area contributed by atoms with Crippen LogP contribution in [0.1, 0.15) is 47.5 Å². The fraction of sp³-hybridized carbons (Fsp3) is 0.846. The van der Waals surface area contributed by atoms with E-state index in [2.05, 4.69) is 5.32 Å². The highest BCUT2D eigenvalue weighted by molar-refractivity contribution is 5.83. The Balaban J connectivity index is 4.72. The van der Waals surface area contributed by atoms with E-state index in [4.69, 9.17) is 5.11 Å². The molecule has 18 heavy (non-hydrogen) atoms. The minimum Gasteiger partial charge on any atom is -0.481 e. The minimum absolute atomic E-state index is 0.179. The van der Waals surface area contributed by atoms with Crippen molar-refractivity contribution in [3.8, 4) is 0 Å². The average Bonchev–Trinajstić information content (AvgIpc) is 2.24. The Morgan fingerprint density at radius 3 is 2.11 bits per heavy atom. The number of amides is 1. The first kappa shape index (κ1) is 16.9. The molecule has 0 aromatic rings. The van der Waals surface area contributed by atoms with Gasteiger partial charge in [0.2, 0.25) is 5.91 Å². The van der Waals surface area contributed by atoms with Crippen molar-refractivity contribution < 1.29 is 19.8 Å². The van der Waals surface area contributed by atoms with Gasteiger partial charge in [-0.25, -0.2) is 0 Å². The van der Waals surface area contributed by atoms with Crippen LogP contribution < -0.4 is 5.32 Å². The number of hydrogen-bond donors (Lipinski definition) is 3. The molecule has 0 heterocycles. The SMILES string of the molecule is CCC(C)(CC(C)(C)C(=O)NCC(C)O)C(=O)O. The lowest BCUT2D eigenvalue weighted by Crippen LogP contribution is -2.44. The van der Waals surface area contributed by atoms with E-state index in [0.717, 1.165) is 0 Å². The van der Waals surface area contributed by atoms with E-state index < -0.39 is 22.9 Å². The zero-order valence-electron chi connectivity index (χ0n) is 11.9. The van der Waals surface area contributed by atoms with Gasteiger partial charge in [-0.3, -0.25) is 9.59 Å². The molecule has 0 aliphatic carbocycles. The van der Waals surface area contributed by atoms with Crippen LogP contribution in [0.25, 0.3) is 0 Å². The van der Waals surface area contributed by atoms with Crippen LogP contribution in [0.15, 0.2) is 0 Å². The first-order chi connectivity index (χ1) is 8.05. The molecule has 5 heteroatoms. The van der Waals surface area contributed by atoms with E-state index in [1.165, 1.54) is 0 Å². The van der Waals surface area contributed by atoms with E-state index >= 15 is 0 Å². The van der Waals surface area contributed by atoms with Gasteiger partial charge in [0.05, 0.1) is 11.5 Å². The third-order valence-electron chi connectivity index (χ3n) is 3.30. The molecule has 2 atom stereocenters. The zero-order valence-corrected chi connectivity index (χ0v) is 11.9. The van der Waals surface area contributed by atoms with Gasteiger partial charge in [0, 0.05) is 12.0 Å². The Hall–Kier alpha value is -1.10. The highest BCUT2D eigenvalue weighted by Crippen LogP contribution is 2.36. The summed E-state index contributed by atoms with van der Waals surface area (Å²) in [5, 5.41) is 21.0. The summed E-state index contributed by atoms with van der Waals surface area (Å²) in [7, 11) is 0. The second kappa shape index (κ2) is 6.18. The highest BCUT2D eigenvalue weighted by atomic mass is 16.4. The molecular formula is C13H25NO4. The summed E-state index contributed by atoms with van der Waals surface area (Å²) >= 11 is 0. The molecule has 1 amide bonds. The molecule has 0 aliphatic heterocycles. The smallest absolute Gasteiger partial charge is 0.309 e. The van der Waals surface area contributed by atoms with Crippen molar-refractivity contribution in [3.63, 3.8) is 0 Å². The number of hydrogen-bond acceptors (Lipinski definition) is 3. The topological polar surface area (TPSA) is 86.6 Å². The first-order valence-corrected chi connectivity index (χ1v) is 6.25. The van der Waals surface area contributed by atoms with Crippen LogP contribution in [0.3, 0.4) is 0 Å². The van der Waals surface area contributed by atoms with Crippen molar-refractivity contribution >= 4 is 11.9 Å². The molecule has 0 saturated carbocycles. The third-order valence-corrected chi connectivity index (χ3v) is 3.30. The Morgan fingerprint density at radius 1 is 1.28 bits per heavy atom. The third kappa shape index (κ3) is 4.64. The zero-order chi connectivity index (χ0) is 14.6. The normalized spacial score (nSPS) is 16.8. The van der Waals surface area contributed by atoms with E-state index in [0.29, 0.717) is 6.42 Å². The molecule has 0 radical (unpaired) electrons. The Kier molecular flexibility index (Phi) is 5.80. The lowest BCUT2D eigenvalue weighted by molar-refractivity contribution is -0.151. The standard InChI is InChI=1S/C13H25NO4/c1-6-13(5,11(17)18)8-12(3,4)10(16)14-7-9(2)15/h9,15H,6-8H2,1-5H3,(H,14,16)(H,17,18). The lowest BCUT2D eigenvalue weighted by Gasteiger charge is -2.33. The van der Waals surface area contributed by atoms with Gasteiger partial charge in [-0.05, 0) is 26.7 Å². The van der Waals surface area contributed by atoms with Crippen LogP contribution in [0, 0.1) is 10.8 Å². The summed E-state index contributed by atoms with van der Waals surface area (Å²) in [5.41, 5.74) is -1.69. The van der Waals surface area contributed by atoms with Crippen LogP contribution in [-0.2, 0) is 9.59 Å². The molecule has 0 rings (SSSR count). The second-order valence-corrected chi connectivity index (χ2v) is 5.84. The average molecular weight is 259 g/mol. The van der Waals surface area contributed by atoms with Crippen molar-refractivity contribution in [3.05, 3.63) is 0 Å². The highest BCUT2D eigenvalue weighted by Gasteiger charge is 2.40. The Morgan fingerprint density at radius 2 is 1.78 bits per heavy atom. The van der Waals surface area contributed by atoms with E-state index in [1.54, 1.807) is 34.6 Å². The quantitative estimate of drug-likeness (QED) is 0.645. The number of carboxylic acids is 1. The number of aliphatic carboxylic acids is 1. The monoisotopic (exact) mass is 259 g/mol. The second-order valence-electron chi connectivity index (χ2n) is 5.84. The molecule has 2 unspecified atom stereocenters. The molecule has 106 valence electrons. The molecule has 0 saturated heterocycles. The van der Waals surface area contributed by atoms with Crippen LogP contribution in [0.5, 0.6) is 0 Å². The molecule has 3 N–H and O–H groups in total. The molecule has 0 aliphatic rings. The number of rotatable bonds is 7. The lowest BCUT2D eigenvalue weighted by atomic mass is 9.72. The van der Waals surface area contributed by atoms with Gasteiger partial charge in [-0.1, -0.05) is 20.8 Å². The molecule has 0 aromatic heterocycles. The van der Waals surface area contributed by atoms with Gasteiger partial charge in [0.15, 0.2) is 0 Å². The number of nitrogens with one attached hydrogen (secondary N) is 1. The summed E-state index contributed by atoms with van der Waals surface area (Å²) in [5.74, 6) is -1.12. The van der Waals surface area contributed by atoms with Crippen molar-refractivity contribution in [2.45, 2.75) is 53.6 Å². The van der Waals surface area contributed by atoms with Gasteiger partial charge in [-0.15, -0.1) is 0 Å². The number of aliphatic hydroxyl groups excluding tert-OH is 1. The number of carboxylic acid groups (broad SMARTS) is 1. The number of carbonyl (C=O) groups is 2. The summed E-state index contributed by atoms with van der Waals surface area (Å²) in [6.45, 7) is 8.66. The predicted octanol–water partition coefficient (Wildman–Crippen LogP) is 1.40. The summed E-state index contributed by atoms with van der Waals surface area (Å²) in [6, 6.07) is 0. The van der Waals surface area contributed by atoms with Gasteiger partial charge >= 0.3 is 5.97 Å². The summed E-state index contributed by atoms with van der Waals surface area (Å²) < 4.78 is 0. The van der Waals surface area contributed by atoms with Gasteiger partial charge < -0.3 is 15.5 Å². The molecule has 0 spiro atoms. The van der Waals surface area contributed by atoms with Crippen molar-refractivity contribution in [2.24, 2.45) is 10.8 Å². The number of carbonyl (C=O) groups excluding carboxylic acids is 1. The Labute approximate surface area is 109 Å². The molecular weight excluding hydrogens is 234 g/mol. The Bertz CT molecular complexity index is 312. The summed E-state index contributed by atoms with van der Waals surface area (Å²) in [4.78, 5) is 23.2.